The molecular weight excluding hydrogens is 444 g/mol. The molecule has 166 valence electrons. The topological polar surface area (TPSA) is 85.2 Å². The smallest absolute Gasteiger partial charge is 0.260 e. The van der Waals surface area contributed by atoms with Crippen molar-refractivity contribution >= 4 is 42.4 Å². The molecule has 9 heteroatoms. The van der Waals surface area contributed by atoms with Crippen molar-refractivity contribution in [3.05, 3.63) is 71.8 Å². The number of aryl methyl sites for hydroxylation is 3. The Bertz CT molecular complexity index is 1380. The van der Waals surface area contributed by atoms with E-state index in [1.54, 1.807) is 29.6 Å². The number of anilines is 1. The summed E-state index contributed by atoms with van der Waals surface area (Å²) in [6.45, 7) is 5.22. The number of hydrogen-bond acceptors (Lipinski definition) is 6. The number of carbonyl (C=O) groups is 1. The predicted octanol–water partition coefficient (Wildman–Crippen LogP) is 4.25. The van der Waals surface area contributed by atoms with Crippen LogP contribution in [0.5, 0.6) is 0 Å². The lowest BCUT2D eigenvalue weighted by atomic mass is 10.1. The number of hydrogen-bond donors (Lipinski definition) is 0. The highest BCUT2D eigenvalue weighted by molar-refractivity contribution is 7.90. The Kier molecular flexibility index (Phi) is 6.12. The lowest BCUT2D eigenvalue weighted by Gasteiger charge is -2.20. The molecule has 2 heterocycles. The normalized spacial score (nSPS) is 11.7. The SMILES string of the molecule is Cc1ccc2sc(N(CCCn3ccnc3)C(=O)c3cccc(S(C)(=O)=O)c3)nc2c1C. The van der Waals surface area contributed by atoms with E-state index < -0.39 is 9.84 Å². The van der Waals surface area contributed by atoms with Gasteiger partial charge in [0.05, 0.1) is 21.4 Å². The van der Waals surface area contributed by atoms with Gasteiger partial charge < -0.3 is 4.57 Å². The minimum Gasteiger partial charge on any atom is -0.337 e. The zero-order valence-corrected chi connectivity index (χ0v) is 19.8. The van der Waals surface area contributed by atoms with Crippen molar-refractivity contribution in [2.75, 3.05) is 17.7 Å². The first kappa shape index (κ1) is 22.2. The molecule has 0 atom stereocenters. The van der Waals surface area contributed by atoms with Gasteiger partial charge in [0.25, 0.3) is 5.91 Å². The Morgan fingerprint density at radius 2 is 2.00 bits per heavy atom. The molecule has 4 rings (SSSR count). The van der Waals surface area contributed by atoms with Gasteiger partial charge in [-0.15, -0.1) is 0 Å². The minimum atomic E-state index is -3.42. The lowest BCUT2D eigenvalue weighted by molar-refractivity contribution is 0.0986. The number of fused-ring (bicyclic) bond motifs is 1. The highest BCUT2D eigenvalue weighted by Crippen LogP contribution is 2.33. The number of nitrogens with zero attached hydrogens (tertiary/aromatic N) is 4. The van der Waals surface area contributed by atoms with Crippen LogP contribution in [0.25, 0.3) is 10.2 Å². The molecule has 32 heavy (non-hydrogen) atoms. The van der Waals surface area contributed by atoms with E-state index in [2.05, 4.69) is 11.1 Å². The molecule has 0 unspecified atom stereocenters. The van der Waals surface area contributed by atoms with E-state index in [0.29, 0.717) is 30.2 Å². The first-order valence-corrected chi connectivity index (χ1v) is 12.9. The number of thiazole rings is 1. The van der Waals surface area contributed by atoms with Gasteiger partial charge in [-0.2, -0.15) is 0 Å². The Hall–Kier alpha value is -3.04. The van der Waals surface area contributed by atoms with Crippen LogP contribution in [0.4, 0.5) is 5.13 Å². The summed E-state index contributed by atoms with van der Waals surface area (Å²) in [5, 5.41) is 0.606. The summed E-state index contributed by atoms with van der Waals surface area (Å²) < 4.78 is 27.0. The molecule has 0 aliphatic rings. The summed E-state index contributed by atoms with van der Waals surface area (Å²) in [6.07, 6.45) is 7.18. The molecule has 0 radical (unpaired) electrons. The monoisotopic (exact) mass is 468 g/mol. The average molecular weight is 469 g/mol. The molecule has 0 saturated heterocycles. The van der Waals surface area contributed by atoms with Gasteiger partial charge in [0, 0.05) is 37.3 Å². The van der Waals surface area contributed by atoms with Crippen molar-refractivity contribution in [1.82, 2.24) is 14.5 Å². The summed E-state index contributed by atoms with van der Waals surface area (Å²) in [5.41, 5.74) is 3.45. The summed E-state index contributed by atoms with van der Waals surface area (Å²) in [7, 11) is -3.42. The number of benzene rings is 2. The second kappa shape index (κ2) is 8.84. The van der Waals surface area contributed by atoms with Gasteiger partial charge in [-0.25, -0.2) is 18.4 Å². The molecule has 4 aromatic rings. The second-order valence-corrected chi connectivity index (χ2v) is 10.8. The fraction of sp³-hybridized carbons (Fsp3) is 0.261. The Balaban J connectivity index is 1.70. The molecule has 0 aliphatic heterocycles. The van der Waals surface area contributed by atoms with Crippen molar-refractivity contribution in [3.63, 3.8) is 0 Å². The van der Waals surface area contributed by atoms with Gasteiger partial charge in [0.2, 0.25) is 0 Å². The van der Waals surface area contributed by atoms with Gasteiger partial charge in [-0.1, -0.05) is 23.5 Å². The first-order valence-electron chi connectivity index (χ1n) is 10.2. The van der Waals surface area contributed by atoms with E-state index in [1.807, 2.05) is 30.7 Å². The molecule has 0 aliphatic carbocycles. The summed E-state index contributed by atoms with van der Waals surface area (Å²) in [6, 6.07) is 10.3. The highest BCUT2D eigenvalue weighted by atomic mass is 32.2. The van der Waals surface area contributed by atoms with Crippen LogP contribution in [0.3, 0.4) is 0 Å². The van der Waals surface area contributed by atoms with Crippen LogP contribution in [0.1, 0.15) is 27.9 Å². The number of imidazole rings is 1. The van der Waals surface area contributed by atoms with Crippen LogP contribution in [-0.4, -0.2) is 41.7 Å². The van der Waals surface area contributed by atoms with E-state index in [0.717, 1.165) is 27.6 Å². The third kappa shape index (κ3) is 4.58. The third-order valence-electron chi connectivity index (χ3n) is 5.42. The molecule has 2 aromatic carbocycles. The standard InChI is InChI=1S/C23H24N4O3S2/c1-16-8-9-20-21(17(16)2)25-23(31-20)27(12-5-11-26-13-10-24-15-26)22(28)18-6-4-7-19(14-18)32(3,29)30/h4,6-10,13-15H,5,11-12H2,1-3H3. The molecule has 1 amide bonds. The Morgan fingerprint density at radius 3 is 2.72 bits per heavy atom. The number of rotatable bonds is 7. The predicted molar refractivity (Wildman–Crippen MR) is 127 cm³/mol. The largest absolute Gasteiger partial charge is 0.337 e. The quantitative estimate of drug-likeness (QED) is 0.405. The average Bonchev–Trinajstić information content (AvgIpc) is 3.43. The van der Waals surface area contributed by atoms with Gasteiger partial charge in [0.1, 0.15) is 0 Å². The highest BCUT2D eigenvalue weighted by Gasteiger charge is 2.23. The Morgan fingerprint density at radius 1 is 1.19 bits per heavy atom. The van der Waals surface area contributed by atoms with E-state index in [-0.39, 0.29) is 10.8 Å². The van der Waals surface area contributed by atoms with Crippen LogP contribution in [0.2, 0.25) is 0 Å². The third-order valence-corrected chi connectivity index (χ3v) is 7.57. The molecule has 2 aromatic heterocycles. The molecule has 0 bridgehead atoms. The van der Waals surface area contributed by atoms with Crippen molar-refractivity contribution in [2.45, 2.75) is 31.7 Å². The lowest BCUT2D eigenvalue weighted by Crippen LogP contribution is -2.32. The fourth-order valence-electron chi connectivity index (χ4n) is 3.46. The number of sulfone groups is 1. The Labute approximate surface area is 191 Å². The van der Waals surface area contributed by atoms with E-state index >= 15 is 0 Å². The van der Waals surface area contributed by atoms with E-state index in [4.69, 9.17) is 4.98 Å². The van der Waals surface area contributed by atoms with Gasteiger partial charge in [0.15, 0.2) is 15.0 Å². The van der Waals surface area contributed by atoms with E-state index in [1.165, 1.54) is 23.5 Å². The molecular formula is C23H24N4O3S2. The molecule has 0 spiro atoms. The molecule has 0 saturated carbocycles. The summed E-state index contributed by atoms with van der Waals surface area (Å²) in [4.78, 5) is 24.1. The van der Waals surface area contributed by atoms with Crippen molar-refractivity contribution < 1.29 is 13.2 Å². The van der Waals surface area contributed by atoms with E-state index in [9.17, 15) is 13.2 Å². The van der Waals surface area contributed by atoms with Gasteiger partial charge in [-0.3, -0.25) is 9.69 Å². The minimum absolute atomic E-state index is 0.123. The fourth-order valence-corrected chi connectivity index (χ4v) is 5.18. The van der Waals surface area contributed by atoms with Crippen LogP contribution >= 0.6 is 11.3 Å². The number of carbonyl (C=O) groups excluding carboxylic acids is 1. The summed E-state index contributed by atoms with van der Waals surface area (Å²) in [5.74, 6) is -0.269. The van der Waals surface area contributed by atoms with Crippen LogP contribution < -0.4 is 4.90 Å². The van der Waals surface area contributed by atoms with Crippen LogP contribution in [0.15, 0.2) is 60.0 Å². The van der Waals surface area contributed by atoms with Crippen LogP contribution in [0, 0.1) is 13.8 Å². The van der Waals surface area contributed by atoms with Crippen molar-refractivity contribution in [2.24, 2.45) is 0 Å². The molecule has 0 fully saturated rings. The second-order valence-electron chi connectivity index (χ2n) is 7.76. The maximum atomic E-state index is 13.5. The molecule has 7 nitrogen and oxygen atoms in total. The molecule has 0 N–H and O–H groups in total. The number of amides is 1. The number of aromatic nitrogens is 3. The van der Waals surface area contributed by atoms with Gasteiger partial charge in [-0.05, 0) is 55.7 Å². The maximum Gasteiger partial charge on any atom is 0.260 e. The zero-order chi connectivity index (χ0) is 22.9. The summed E-state index contributed by atoms with van der Waals surface area (Å²) >= 11 is 1.47. The zero-order valence-electron chi connectivity index (χ0n) is 18.1. The maximum absolute atomic E-state index is 13.5. The van der Waals surface area contributed by atoms with Crippen LogP contribution in [-0.2, 0) is 16.4 Å². The van der Waals surface area contributed by atoms with Gasteiger partial charge >= 0.3 is 0 Å². The van der Waals surface area contributed by atoms with Crippen molar-refractivity contribution in [3.8, 4) is 0 Å². The van der Waals surface area contributed by atoms with Crippen molar-refractivity contribution in [1.29, 1.82) is 0 Å². The first-order chi connectivity index (χ1) is 15.2.